The van der Waals surface area contributed by atoms with Crippen molar-refractivity contribution in [3.63, 3.8) is 0 Å². The zero-order valence-corrected chi connectivity index (χ0v) is 21.1. The molecule has 0 spiro atoms. The van der Waals surface area contributed by atoms with Crippen LogP contribution in [0.25, 0.3) is 6.08 Å². The van der Waals surface area contributed by atoms with Crippen molar-refractivity contribution in [2.24, 2.45) is 0 Å². The summed E-state index contributed by atoms with van der Waals surface area (Å²) in [5.41, 5.74) is 0.593. The summed E-state index contributed by atoms with van der Waals surface area (Å²) in [7, 11) is 1.26. The van der Waals surface area contributed by atoms with Gasteiger partial charge in [0.05, 0.1) is 28.3 Å². The number of carbonyl (C=O) groups is 4. The highest BCUT2D eigenvalue weighted by Crippen LogP contribution is 2.37. The number of halogens is 1. The van der Waals surface area contributed by atoms with Crippen molar-refractivity contribution in [3.8, 4) is 11.5 Å². The maximum atomic E-state index is 12.7. The molecule has 11 heteroatoms. The molecule has 1 aromatic rings. The third-order valence-electron chi connectivity index (χ3n) is 4.26. The maximum absolute atomic E-state index is 12.7. The van der Waals surface area contributed by atoms with Gasteiger partial charge < -0.3 is 18.9 Å². The number of methoxy groups -OCH3 is 1. The van der Waals surface area contributed by atoms with Crippen LogP contribution in [0.3, 0.4) is 0 Å². The molecule has 174 valence electrons. The van der Waals surface area contributed by atoms with E-state index in [1.165, 1.54) is 7.11 Å². The number of amides is 2. The fourth-order valence-corrected chi connectivity index (χ4v) is 4.15. The Labute approximate surface area is 203 Å². The Morgan fingerprint density at radius 2 is 1.91 bits per heavy atom. The first-order valence-corrected chi connectivity index (χ1v) is 11.7. The molecule has 1 aliphatic heterocycles. The summed E-state index contributed by atoms with van der Waals surface area (Å²) in [6.45, 7) is 5.04. The molecular formula is C21H24INO8S. The molecule has 0 radical (unpaired) electrons. The van der Waals surface area contributed by atoms with E-state index in [0.717, 1.165) is 16.7 Å². The number of nitrogens with zero attached hydrogens (tertiary/aromatic N) is 1. The van der Waals surface area contributed by atoms with Gasteiger partial charge >= 0.3 is 11.9 Å². The van der Waals surface area contributed by atoms with Crippen molar-refractivity contribution in [1.82, 2.24) is 4.90 Å². The lowest BCUT2D eigenvalue weighted by Crippen LogP contribution is -2.35. The van der Waals surface area contributed by atoms with Gasteiger partial charge in [0.1, 0.15) is 6.54 Å². The second-order valence-electron chi connectivity index (χ2n) is 6.60. The summed E-state index contributed by atoms with van der Waals surface area (Å²) < 4.78 is 21.5. The predicted molar refractivity (Wildman–Crippen MR) is 126 cm³/mol. The van der Waals surface area contributed by atoms with Crippen molar-refractivity contribution >= 4 is 63.5 Å². The van der Waals surface area contributed by atoms with E-state index >= 15 is 0 Å². The van der Waals surface area contributed by atoms with Gasteiger partial charge in [-0.05, 0) is 78.4 Å². The Bertz CT molecular complexity index is 933. The SMILES string of the molecule is CCOc1cc(/C=C2/SC(=O)N(CC(=O)O[C@H](C)CC)C2=O)cc(I)c1OCC(=O)OC. The van der Waals surface area contributed by atoms with Crippen molar-refractivity contribution in [2.45, 2.75) is 33.3 Å². The lowest BCUT2D eigenvalue weighted by Gasteiger charge is -2.15. The summed E-state index contributed by atoms with van der Waals surface area (Å²) in [6.07, 6.45) is 1.88. The molecule has 32 heavy (non-hydrogen) atoms. The molecule has 0 saturated carbocycles. The number of hydrogen-bond acceptors (Lipinski definition) is 9. The van der Waals surface area contributed by atoms with E-state index in [-0.39, 0.29) is 17.6 Å². The molecule has 1 heterocycles. The van der Waals surface area contributed by atoms with E-state index in [1.54, 1.807) is 32.1 Å². The monoisotopic (exact) mass is 577 g/mol. The molecule has 1 saturated heterocycles. The van der Waals surface area contributed by atoms with Gasteiger partial charge in [-0.3, -0.25) is 19.3 Å². The zero-order chi connectivity index (χ0) is 23.8. The molecule has 0 N–H and O–H groups in total. The second kappa shape index (κ2) is 12.1. The van der Waals surface area contributed by atoms with Crippen molar-refractivity contribution < 1.29 is 38.1 Å². The zero-order valence-electron chi connectivity index (χ0n) is 18.1. The average Bonchev–Trinajstić information content (AvgIpc) is 3.00. The van der Waals surface area contributed by atoms with Gasteiger partial charge in [0, 0.05) is 0 Å². The largest absolute Gasteiger partial charge is 0.490 e. The highest BCUT2D eigenvalue weighted by molar-refractivity contribution is 14.1. The lowest BCUT2D eigenvalue weighted by atomic mass is 10.2. The standard InChI is InChI=1S/C21H24INO8S/c1-5-12(3)31-17(24)10-23-20(26)16(32-21(23)27)9-13-7-14(22)19(15(8-13)29-6-2)30-11-18(25)28-4/h7-9,12H,5-6,10-11H2,1-4H3/b16-9+/t12-/m1/s1. The first kappa shape index (κ1) is 26.0. The van der Waals surface area contributed by atoms with E-state index in [9.17, 15) is 19.2 Å². The van der Waals surface area contributed by atoms with E-state index in [0.29, 0.717) is 33.7 Å². The molecule has 2 rings (SSSR count). The van der Waals surface area contributed by atoms with Crippen molar-refractivity contribution in [1.29, 1.82) is 0 Å². The van der Waals surface area contributed by atoms with Crippen LogP contribution in [0.2, 0.25) is 0 Å². The predicted octanol–water partition coefficient (Wildman–Crippen LogP) is 3.62. The van der Waals surface area contributed by atoms with Gasteiger partial charge in [-0.25, -0.2) is 4.79 Å². The minimum atomic E-state index is -0.636. The van der Waals surface area contributed by atoms with Crippen LogP contribution < -0.4 is 9.47 Å². The molecule has 0 aliphatic carbocycles. The van der Waals surface area contributed by atoms with E-state index < -0.39 is 29.6 Å². The maximum Gasteiger partial charge on any atom is 0.343 e. The molecular weight excluding hydrogens is 553 g/mol. The normalized spacial score (nSPS) is 15.7. The minimum absolute atomic E-state index is 0.174. The summed E-state index contributed by atoms with van der Waals surface area (Å²) >= 11 is 2.77. The summed E-state index contributed by atoms with van der Waals surface area (Å²) in [6, 6.07) is 3.37. The molecule has 1 aromatic carbocycles. The molecule has 0 aromatic heterocycles. The smallest absolute Gasteiger partial charge is 0.343 e. The van der Waals surface area contributed by atoms with Crippen molar-refractivity contribution in [3.05, 3.63) is 26.2 Å². The fraction of sp³-hybridized carbons (Fsp3) is 0.429. The Hall–Kier alpha value is -2.28. The highest BCUT2D eigenvalue weighted by atomic mass is 127. The summed E-state index contributed by atoms with van der Waals surface area (Å²) in [5.74, 6) is -0.988. The molecule has 0 bridgehead atoms. The van der Waals surface area contributed by atoms with Crippen LogP contribution in [0.5, 0.6) is 11.5 Å². The lowest BCUT2D eigenvalue weighted by molar-refractivity contribution is -0.150. The van der Waals surface area contributed by atoms with Gasteiger partial charge in [-0.15, -0.1) is 0 Å². The Morgan fingerprint density at radius 1 is 1.19 bits per heavy atom. The van der Waals surface area contributed by atoms with Crippen LogP contribution in [0.15, 0.2) is 17.0 Å². The first-order valence-electron chi connectivity index (χ1n) is 9.80. The molecule has 1 fully saturated rings. The van der Waals surface area contributed by atoms with Crippen LogP contribution in [0.4, 0.5) is 4.79 Å². The topological polar surface area (TPSA) is 108 Å². The number of ether oxygens (including phenoxy) is 4. The van der Waals surface area contributed by atoms with Gasteiger partial charge in [0.25, 0.3) is 11.1 Å². The van der Waals surface area contributed by atoms with Gasteiger partial charge in [0.2, 0.25) is 0 Å². The Morgan fingerprint density at radius 3 is 2.53 bits per heavy atom. The van der Waals surface area contributed by atoms with E-state index in [1.807, 2.05) is 29.5 Å². The van der Waals surface area contributed by atoms with E-state index in [4.69, 9.17) is 14.2 Å². The number of imide groups is 1. The number of carbonyl (C=O) groups excluding carboxylic acids is 4. The minimum Gasteiger partial charge on any atom is -0.490 e. The number of thioether (sulfide) groups is 1. The average molecular weight is 577 g/mol. The van der Waals surface area contributed by atoms with Crippen LogP contribution in [-0.2, 0) is 23.9 Å². The number of hydrogen-bond donors (Lipinski definition) is 0. The number of benzene rings is 1. The van der Waals surface area contributed by atoms with Crippen molar-refractivity contribution in [2.75, 3.05) is 26.9 Å². The second-order valence-corrected chi connectivity index (χ2v) is 8.76. The summed E-state index contributed by atoms with van der Waals surface area (Å²) in [4.78, 5) is 49.4. The molecule has 2 amide bonds. The third kappa shape index (κ3) is 6.86. The molecule has 1 aliphatic rings. The van der Waals surface area contributed by atoms with Crippen LogP contribution in [0, 0.1) is 3.57 Å². The Kier molecular flexibility index (Phi) is 9.82. The fourth-order valence-electron chi connectivity index (χ4n) is 2.53. The number of rotatable bonds is 10. The van der Waals surface area contributed by atoms with Crippen LogP contribution in [-0.4, -0.2) is 61.0 Å². The first-order chi connectivity index (χ1) is 15.2. The third-order valence-corrected chi connectivity index (χ3v) is 5.97. The van der Waals surface area contributed by atoms with Crippen LogP contribution >= 0.6 is 34.4 Å². The van der Waals surface area contributed by atoms with Crippen LogP contribution in [0.1, 0.15) is 32.8 Å². The molecule has 9 nitrogen and oxygen atoms in total. The highest BCUT2D eigenvalue weighted by Gasteiger charge is 2.37. The molecule has 0 unspecified atom stereocenters. The van der Waals surface area contributed by atoms with E-state index in [2.05, 4.69) is 4.74 Å². The van der Waals surface area contributed by atoms with Gasteiger partial charge in [-0.1, -0.05) is 6.92 Å². The van der Waals surface area contributed by atoms with Gasteiger partial charge in [0.15, 0.2) is 18.1 Å². The Balaban J connectivity index is 2.23. The van der Waals surface area contributed by atoms with Gasteiger partial charge in [-0.2, -0.15) is 0 Å². The number of esters is 2. The molecule has 1 atom stereocenters. The summed E-state index contributed by atoms with van der Waals surface area (Å²) in [5, 5.41) is -0.542. The quantitative estimate of drug-likeness (QED) is 0.234.